The molecule has 0 atom stereocenters. The molecule has 2 aliphatic rings. The van der Waals surface area contributed by atoms with Gasteiger partial charge in [0.15, 0.2) is 0 Å². The van der Waals surface area contributed by atoms with Crippen LogP contribution in [-0.2, 0) is 16.1 Å². The van der Waals surface area contributed by atoms with E-state index in [4.69, 9.17) is 14.2 Å². The van der Waals surface area contributed by atoms with Gasteiger partial charge in [-0.15, -0.1) is 0 Å². The summed E-state index contributed by atoms with van der Waals surface area (Å²) in [6.07, 6.45) is 2.33. The number of methoxy groups -OCH3 is 2. The van der Waals surface area contributed by atoms with Gasteiger partial charge in [-0.2, -0.15) is 0 Å². The number of hydrogen-bond acceptors (Lipinski definition) is 5. The van der Waals surface area contributed by atoms with Crippen molar-refractivity contribution in [3.63, 3.8) is 0 Å². The van der Waals surface area contributed by atoms with Gasteiger partial charge in [-0.25, -0.2) is 0 Å². The fraction of sp³-hybridized carbons (Fsp3) is 0.417. The monoisotopic (exact) mass is 424 g/mol. The zero-order valence-electron chi connectivity index (χ0n) is 18.0. The zero-order valence-corrected chi connectivity index (χ0v) is 18.0. The molecule has 2 aromatic rings. The molecular formula is C24H28N2O5. The van der Waals surface area contributed by atoms with Crippen molar-refractivity contribution in [3.05, 3.63) is 48.0 Å². The minimum atomic E-state index is -0.0567. The van der Waals surface area contributed by atoms with E-state index in [0.29, 0.717) is 25.4 Å². The van der Waals surface area contributed by atoms with Crippen LogP contribution in [0.1, 0.15) is 31.2 Å². The highest BCUT2D eigenvalue weighted by atomic mass is 16.5. The topological polar surface area (TPSA) is 68.3 Å². The van der Waals surface area contributed by atoms with Gasteiger partial charge in [-0.3, -0.25) is 9.59 Å². The second kappa shape index (κ2) is 9.29. The van der Waals surface area contributed by atoms with Crippen LogP contribution < -0.4 is 19.1 Å². The Kier molecular flexibility index (Phi) is 6.30. The fourth-order valence-corrected chi connectivity index (χ4v) is 3.92. The molecule has 31 heavy (non-hydrogen) atoms. The van der Waals surface area contributed by atoms with E-state index >= 15 is 0 Å². The molecule has 2 aromatic carbocycles. The summed E-state index contributed by atoms with van der Waals surface area (Å²) in [5, 5.41) is 0. The molecule has 1 saturated carbocycles. The third kappa shape index (κ3) is 4.76. The number of carbonyl (C=O) groups excluding carboxylic acids is 2. The molecule has 0 N–H and O–H groups in total. The SMILES string of the molecule is COc1ccc(OC)c(CN(C(=O)CCC(=O)N2CCOc3ccccc32)C2CC2)c1. The average Bonchev–Trinajstić information content (AvgIpc) is 3.65. The first-order chi connectivity index (χ1) is 15.1. The van der Waals surface area contributed by atoms with Crippen molar-refractivity contribution in [2.45, 2.75) is 38.3 Å². The highest BCUT2D eigenvalue weighted by Crippen LogP contribution is 2.34. The van der Waals surface area contributed by atoms with Gasteiger partial charge in [0, 0.05) is 31.0 Å². The van der Waals surface area contributed by atoms with E-state index in [0.717, 1.165) is 35.6 Å². The van der Waals surface area contributed by atoms with Crippen molar-refractivity contribution >= 4 is 17.5 Å². The number of amides is 2. The Balaban J connectivity index is 1.42. The number of benzene rings is 2. The van der Waals surface area contributed by atoms with E-state index in [1.54, 1.807) is 19.1 Å². The van der Waals surface area contributed by atoms with Crippen LogP contribution in [0.5, 0.6) is 17.2 Å². The number of fused-ring (bicyclic) bond motifs is 1. The van der Waals surface area contributed by atoms with Crippen LogP contribution >= 0.6 is 0 Å². The summed E-state index contributed by atoms with van der Waals surface area (Å²) in [6, 6.07) is 13.3. The number of ether oxygens (including phenoxy) is 3. The summed E-state index contributed by atoms with van der Waals surface area (Å²) in [4.78, 5) is 29.5. The number of rotatable bonds is 8. The lowest BCUT2D eigenvalue weighted by molar-refractivity contribution is -0.134. The summed E-state index contributed by atoms with van der Waals surface area (Å²) < 4.78 is 16.4. The van der Waals surface area contributed by atoms with Crippen molar-refractivity contribution in [1.82, 2.24) is 4.90 Å². The molecule has 1 heterocycles. The van der Waals surface area contributed by atoms with Crippen molar-refractivity contribution < 1.29 is 23.8 Å². The summed E-state index contributed by atoms with van der Waals surface area (Å²) in [7, 11) is 3.23. The Morgan fingerprint density at radius 2 is 1.90 bits per heavy atom. The van der Waals surface area contributed by atoms with E-state index in [9.17, 15) is 9.59 Å². The third-order valence-corrected chi connectivity index (χ3v) is 5.72. The van der Waals surface area contributed by atoms with E-state index < -0.39 is 0 Å². The maximum absolute atomic E-state index is 13.1. The van der Waals surface area contributed by atoms with Gasteiger partial charge in [0.25, 0.3) is 0 Å². The Bertz CT molecular complexity index is 957. The quantitative estimate of drug-likeness (QED) is 0.650. The lowest BCUT2D eigenvalue weighted by atomic mass is 10.1. The lowest BCUT2D eigenvalue weighted by Crippen LogP contribution is -2.39. The summed E-state index contributed by atoms with van der Waals surface area (Å²) >= 11 is 0. The number of nitrogens with zero attached hydrogens (tertiary/aromatic N) is 2. The molecule has 0 radical (unpaired) electrons. The molecule has 1 fully saturated rings. The molecule has 0 saturated heterocycles. The smallest absolute Gasteiger partial charge is 0.227 e. The molecule has 0 unspecified atom stereocenters. The van der Waals surface area contributed by atoms with Crippen LogP contribution in [0.2, 0.25) is 0 Å². The number of para-hydroxylation sites is 2. The van der Waals surface area contributed by atoms with Crippen molar-refractivity contribution in [3.8, 4) is 17.2 Å². The molecule has 0 aromatic heterocycles. The molecule has 164 valence electrons. The minimum Gasteiger partial charge on any atom is -0.497 e. The molecule has 1 aliphatic carbocycles. The standard InChI is InChI=1S/C24H28N2O5/c1-29-19-9-10-21(30-2)17(15-19)16-26(18-7-8-18)24(28)12-11-23(27)25-13-14-31-22-6-4-3-5-20(22)25/h3-6,9-10,15,18H,7-8,11-14,16H2,1-2H3. The van der Waals surface area contributed by atoms with Crippen LogP contribution in [0.15, 0.2) is 42.5 Å². The zero-order chi connectivity index (χ0) is 21.8. The Labute approximate surface area is 182 Å². The first-order valence-electron chi connectivity index (χ1n) is 10.6. The molecule has 7 nitrogen and oxygen atoms in total. The van der Waals surface area contributed by atoms with Gasteiger partial charge in [-0.05, 0) is 43.2 Å². The van der Waals surface area contributed by atoms with Crippen molar-refractivity contribution in [1.29, 1.82) is 0 Å². The van der Waals surface area contributed by atoms with Crippen molar-refractivity contribution in [2.24, 2.45) is 0 Å². The fourth-order valence-electron chi connectivity index (χ4n) is 3.92. The Hall–Kier alpha value is -3.22. The normalized spacial score (nSPS) is 15.0. The molecule has 7 heteroatoms. The highest BCUT2D eigenvalue weighted by molar-refractivity contribution is 5.97. The van der Waals surface area contributed by atoms with Gasteiger partial charge in [-0.1, -0.05) is 12.1 Å². The van der Waals surface area contributed by atoms with E-state index in [-0.39, 0.29) is 30.7 Å². The first-order valence-corrected chi connectivity index (χ1v) is 10.6. The molecule has 4 rings (SSSR count). The van der Waals surface area contributed by atoms with Gasteiger partial charge in [0.05, 0.1) is 26.5 Å². The predicted molar refractivity (Wildman–Crippen MR) is 117 cm³/mol. The second-order valence-electron chi connectivity index (χ2n) is 7.79. The van der Waals surface area contributed by atoms with Gasteiger partial charge in [0.1, 0.15) is 23.9 Å². The van der Waals surface area contributed by atoms with Crippen LogP contribution in [0, 0.1) is 0 Å². The van der Waals surface area contributed by atoms with E-state index in [2.05, 4.69) is 0 Å². The summed E-state index contributed by atoms with van der Waals surface area (Å²) in [6.45, 7) is 1.40. The lowest BCUT2D eigenvalue weighted by Gasteiger charge is -2.30. The Morgan fingerprint density at radius 3 is 2.65 bits per heavy atom. The maximum atomic E-state index is 13.1. The van der Waals surface area contributed by atoms with Gasteiger partial charge < -0.3 is 24.0 Å². The van der Waals surface area contributed by atoms with Crippen molar-refractivity contribution in [2.75, 3.05) is 32.3 Å². The number of anilines is 1. The molecule has 1 aliphatic heterocycles. The molecule has 0 bridgehead atoms. The minimum absolute atomic E-state index is 0.0118. The van der Waals surface area contributed by atoms with Gasteiger partial charge in [0.2, 0.25) is 11.8 Å². The van der Waals surface area contributed by atoms with E-state index in [1.807, 2.05) is 47.4 Å². The third-order valence-electron chi connectivity index (χ3n) is 5.72. The molecular weight excluding hydrogens is 396 g/mol. The first kappa shape index (κ1) is 21.0. The second-order valence-corrected chi connectivity index (χ2v) is 7.79. The number of hydrogen-bond donors (Lipinski definition) is 0. The van der Waals surface area contributed by atoms with E-state index in [1.165, 1.54) is 0 Å². The van der Waals surface area contributed by atoms with Crippen LogP contribution in [-0.4, -0.2) is 50.1 Å². The molecule has 2 amide bonds. The van der Waals surface area contributed by atoms with Crippen LogP contribution in [0.25, 0.3) is 0 Å². The van der Waals surface area contributed by atoms with Crippen LogP contribution in [0.3, 0.4) is 0 Å². The summed E-state index contributed by atoms with van der Waals surface area (Å²) in [5.41, 5.74) is 1.67. The largest absolute Gasteiger partial charge is 0.497 e. The summed E-state index contributed by atoms with van der Waals surface area (Å²) in [5.74, 6) is 2.08. The van der Waals surface area contributed by atoms with Gasteiger partial charge >= 0.3 is 0 Å². The Morgan fingerprint density at radius 1 is 1.10 bits per heavy atom. The van der Waals surface area contributed by atoms with Crippen LogP contribution in [0.4, 0.5) is 5.69 Å². The average molecular weight is 424 g/mol. The predicted octanol–water partition coefficient (Wildman–Crippen LogP) is 3.40. The molecule has 0 spiro atoms. The maximum Gasteiger partial charge on any atom is 0.227 e. The number of carbonyl (C=O) groups is 2. The highest BCUT2D eigenvalue weighted by Gasteiger charge is 2.33.